The molecule has 27 heavy (non-hydrogen) atoms. The summed E-state index contributed by atoms with van der Waals surface area (Å²) in [5, 5.41) is 8.39. The van der Waals surface area contributed by atoms with E-state index in [2.05, 4.69) is 22.2 Å². The summed E-state index contributed by atoms with van der Waals surface area (Å²) in [7, 11) is 1.55. The Morgan fingerprint density at radius 2 is 2.22 bits per heavy atom. The van der Waals surface area contributed by atoms with Gasteiger partial charge in [0.2, 0.25) is 0 Å². The Labute approximate surface area is 158 Å². The molecule has 2 unspecified atom stereocenters. The first-order valence-electron chi connectivity index (χ1n) is 9.58. The van der Waals surface area contributed by atoms with Crippen molar-refractivity contribution in [1.82, 2.24) is 15.0 Å². The fourth-order valence-corrected chi connectivity index (χ4v) is 3.33. The molecule has 0 bridgehead atoms. The monoisotopic (exact) mass is 369 g/mol. The minimum atomic E-state index is -0.617. The molecule has 1 aliphatic heterocycles. The lowest BCUT2D eigenvalue weighted by molar-refractivity contribution is 0.00368. The molecule has 5 nitrogen and oxygen atoms in total. The zero-order valence-corrected chi connectivity index (χ0v) is 15.5. The minimum Gasteiger partial charge on any atom is -0.376 e. The van der Waals surface area contributed by atoms with Crippen molar-refractivity contribution in [2.24, 2.45) is 5.92 Å². The molecule has 1 aromatic carbocycles. The van der Waals surface area contributed by atoms with Gasteiger partial charge in [-0.3, -0.25) is 0 Å². The number of hydrogen-bond donors (Lipinski definition) is 0. The first kappa shape index (κ1) is 18.1. The zero-order chi connectivity index (χ0) is 18.6. The van der Waals surface area contributed by atoms with Gasteiger partial charge in [0.25, 0.3) is 0 Å². The molecule has 2 fully saturated rings. The van der Waals surface area contributed by atoms with Crippen LogP contribution in [0.15, 0.2) is 24.4 Å². The van der Waals surface area contributed by atoms with Crippen molar-refractivity contribution in [2.45, 2.75) is 50.9 Å². The topological polar surface area (TPSA) is 49.2 Å². The molecule has 0 amide bonds. The van der Waals surface area contributed by atoms with Crippen LogP contribution in [0.5, 0.6) is 0 Å². The van der Waals surface area contributed by atoms with Crippen molar-refractivity contribution >= 4 is 0 Å². The summed E-state index contributed by atoms with van der Waals surface area (Å²) in [4.78, 5) is 0. The van der Waals surface area contributed by atoms with Gasteiger partial charge in [-0.25, -0.2) is 9.07 Å². The largest absolute Gasteiger partial charge is 0.376 e. The quantitative estimate of drug-likeness (QED) is 0.757. The molecule has 1 saturated carbocycles. The van der Waals surface area contributed by atoms with Gasteiger partial charge in [-0.2, -0.15) is 0 Å². The van der Waals surface area contributed by atoms with Gasteiger partial charge in [0.1, 0.15) is 17.6 Å². The van der Waals surface area contributed by atoms with E-state index in [0.29, 0.717) is 23.7 Å². The summed E-state index contributed by atoms with van der Waals surface area (Å²) in [6.45, 7) is 1.45. The van der Waals surface area contributed by atoms with Crippen molar-refractivity contribution in [3.63, 3.8) is 0 Å². The van der Waals surface area contributed by atoms with Gasteiger partial charge in [-0.1, -0.05) is 17.1 Å². The van der Waals surface area contributed by atoms with Crippen LogP contribution in [0.1, 0.15) is 55.0 Å². The lowest BCUT2D eigenvalue weighted by Crippen LogP contribution is -2.24. The molecule has 1 aromatic heterocycles. The van der Waals surface area contributed by atoms with Crippen LogP contribution in [0.25, 0.3) is 0 Å². The Hall–Kier alpha value is -2.23. The van der Waals surface area contributed by atoms with Crippen molar-refractivity contribution < 1.29 is 13.9 Å². The van der Waals surface area contributed by atoms with Crippen LogP contribution in [0.3, 0.4) is 0 Å². The Morgan fingerprint density at radius 3 is 2.96 bits per heavy atom. The maximum atomic E-state index is 14.5. The maximum Gasteiger partial charge on any atom is 0.130 e. The number of rotatable bonds is 5. The van der Waals surface area contributed by atoms with Crippen LogP contribution < -0.4 is 0 Å². The smallest absolute Gasteiger partial charge is 0.130 e. The van der Waals surface area contributed by atoms with E-state index in [1.807, 2.05) is 6.20 Å². The van der Waals surface area contributed by atoms with Crippen molar-refractivity contribution in [3.8, 4) is 11.8 Å². The number of ether oxygens (including phenoxy) is 2. The first-order chi connectivity index (χ1) is 13.2. The predicted octanol–water partition coefficient (Wildman–Crippen LogP) is 3.48. The van der Waals surface area contributed by atoms with Gasteiger partial charge in [0.15, 0.2) is 0 Å². The summed E-state index contributed by atoms with van der Waals surface area (Å²) in [6.07, 6.45) is 7.00. The molecule has 6 heteroatoms. The summed E-state index contributed by atoms with van der Waals surface area (Å²) in [5.74, 6) is 6.51. The number of benzene rings is 1. The molecule has 2 aliphatic rings. The highest BCUT2D eigenvalue weighted by molar-refractivity contribution is 5.40. The average Bonchev–Trinajstić information content (AvgIpc) is 3.42. The van der Waals surface area contributed by atoms with E-state index >= 15 is 0 Å². The number of methoxy groups -OCH3 is 1. The summed E-state index contributed by atoms with van der Waals surface area (Å²) < 4.78 is 27.6. The Balaban J connectivity index is 1.53. The van der Waals surface area contributed by atoms with Crippen LogP contribution in [-0.2, 0) is 16.0 Å². The standard InChI is InChI=1S/C21H24FN3O2/c1-26-21(18-12-16(9-10-19(18)22)8-7-15-5-6-15)20-14-25(24-23-20)13-17-4-2-3-11-27-17/h9-10,12,14-15,17,21H,2-6,11,13H2,1H3. The van der Waals surface area contributed by atoms with E-state index in [9.17, 15) is 4.39 Å². The highest BCUT2D eigenvalue weighted by Gasteiger charge is 2.23. The second-order valence-electron chi connectivity index (χ2n) is 7.25. The number of halogens is 1. The molecule has 0 radical (unpaired) electrons. The number of aromatic nitrogens is 3. The number of hydrogen-bond acceptors (Lipinski definition) is 4. The molecule has 0 spiro atoms. The third-order valence-corrected chi connectivity index (χ3v) is 5.00. The van der Waals surface area contributed by atoms with Crippen LogP contribution in [0, 0.1) is 23.6 Å². The van der Waals surface area contributed by atoms with Gasteiger partial charge in [-0.05, 0) is 50.3 Å². The highest BCUT2D eigenvalue weighted by atomic mass is 19.1. The first-order valence-corrected chi connectivity index (χ1v) is 9.58. The SMILES string of the molecule is COC(c1cn(CC2CCCCO2)nn1)c1cc(C#CC2CC2)ccc1F. The van der Waals surface area contributed by atoms with E-state index in [1.165, 1.54) is 12.5 Å². The Kier molecular flexibility index (Phi) is 5.51. The lowest BCUT2D eigenvalue weighted by Gasteiger charge is -2.22. The number of nitrogens with zero attached hydrogens (tertiary/aromatic N) is 3. The Bertz CT molecular complexity index is 845. The second kappa shape index (κ2) is 8.20. The van der Waals surface area contributed by atoms with Crippen molar-refractivity contribution in [2.75, 3.05) is 13.7 Å². The molecule has 2 aromatic rings. The van der Waals surface area contributed by atoms with E-state index in [4.69, 9.17) is 9.47 Å². The molecule has 0 N–H and O–H groups in total. The molecule has 2 atom stereocenters. The summed E-state index contributed by atoms with van der Waals surface area (Å²) >= 11 is 0. The van der Waals surface area contributed by atoms with Crippen LogP contribution in [0.4, 0.5) is 4.39 Å². The highest BCUT2D eigenvalue weighted by Crippen LogP contribution is 2.29. The van der Waals surface area contributed by atoms with Crippen molar-refractivity contribution in [1.29, 1.82) is 0 Å². The van der Waals surface area contributed by atoms with E-state index in [-0.39, 0.29) is 11.9 Å². The van der Waals surface area contributed by atoms with Crippen molar-refractivity contribution in [3.05, 3.63) is 47.0 Å². The maximum absolute atomic E-state index is 14.5. The van der Waals surface area contributed by atoms with Crippen LogP contribution in [-0.4, -0.2) is 34.8 Å². The Morgan fingerprint density at radius 1 is 1.33 bits per heavy atom. The molecule has 1 saturated heterocycles. The molecular formula is C21H24FN3O2. The third-order valence-electron chi connectivity index (χ3n) is 5.00. The minimum absolute atomic E-state index is 0.159. The molecule has 142 valence electrons. The van der Waals surface area contributed by atoms with Gasteiger partial charge in [0.05, 0.1) is 18.8 Å². The van der Waals surface area contributed by atoms with Gasteiger partial charge in [-0.15, -0.1) is 5.10 Å². The predicted molar refractivity (Wildman–Crippen MR) is 98.5 cm³/mol. The second-order valence-corrected chi connectivity index (χ2v) is 7.25. The zero-order valence-electron chi connectivity index (χ0n) is 15.5. The van der Waals surface area contributed by atoms with E-state index in [1.54, 1.807) is 23.9 Å². The van der Waals surface area contributed by atoms with Gasteiger partial charge in [0, 0.05) is 30.8 Å². The average molecular weight is 369 g/mol. The summed E-state index contributed by atoms with van der Waals surface area (Å²) in [6, 6.07) is 4.90. The fourth-order valence-electron chi connectivity index (χ4n) is 3.33. The third kappa shape index (κ3) is 4.55. The van der Waals surface area contributed by atoms with Gasteiger partial charge < -0.3 is 9.47 Å². The van der Waals surface area contributed by atoms with Crippen LogP contribution in [0.2, 0.25) is 0 Å². The molecule has 4 rings (SSSR count). The van der Waals surface area contributed by atoms with Gasteiger partial charge >= 0.3 is 0 Å². The normalized spacial score (nSPS) is 20.7. The van der Waals surface area contributed by atoms with E-state index < -0.39 is 6.10 Å². The fraction of sp³-hybridized carbons (Fsp3) is 0.524. The molecule has 2 heterocycles. The van der Waals surface area contributed by atoms with Crippen LogP contribution >= 0.6 is 0 Å². The summed E-state index contributed by atoms with van der Waals surface area (Å²) in [5.41, 5.74) is 1.81. The van der Waals surface area contributed by atoms with E-state index in [0.717, 1.165) is 37.9 Å². The lowest BCUT2D eigenvalue weighted by atomic mass is 10.0. The molecular weight excluding hydrogens is 345 g/mol. The molecule has 1 aliphatic carbocycles.